The van der Waals surface area contributed by atoms with Crippen LogP contribution in [0.3, 0.4) is 0 Å². The number of Topliss-reactive ketones (excluding diaryl/α,β-unsaturated/α-hetero) is 1. The minimum atomic E-state index is -1.46. The number of ketones is 1. The number of nitrogens with one attached hydrogen (secondary N) is 1. The molecule has 0 fully saturated rings. The summed E-state index contributed by atoms with van der Waals surface area (Å²) in [5, 5.41) is 11.1. The maximum absolute atomic E-state index is 13.0. The second-order valence-corrected chi connectivity index (χ2v) is 6.57. The lowest BCUT2D eigenvalue weighted by atomic mass is 10.1. The fourth-order valence-electron chi connectivity index (χ4n) is 2.75. The average molecular weight is 428 g/mol. The molecule has 1 aliphatic rings. The lowest BCUT2D eigenvalue weighted by Gasteiger charge is -2.13. The standard InChI is InChI=1S/C21H17FN2O7/c22-12-3-1-11(2-4-12)7-17-20(27)14-6-5-13(8-16(14)31-17)30-10-19(26)24-15(21(28)29)9-18(23)25/h1-8,15H,9-10H2,(H2,23,25)(H,24,26)(H,28,29). The van der Waals surface area contributed by atoms with Crippen molar-refractivity contribution >= 4 is 29.6 Å². The van der Waals surface area contributed by atoms with E-state index in [-0.39, 0.29) is 28.6 Å². The Hall–Kier alpha value is -4.21. The molecule has 160 valence electrons. The molecule has 1 heterocycles. The highest BCUT2D eigenvalue weighted by molar-refractivity contribution is 6.14. The van der Waals surface area contributed by atoms with E-state index in [2.05, 4.69) is 5.32 Å². The fraction of sp³-hybridized carbons (Fsp3) is 0.143. The van der Waals surface area contributed by atoms with Crippen LogP contribution in [0.25, 0.3) is 6.08 Å². The number of rotatable bonds is 8. The lowest BCUT2D eigenvalue weighted by molar-refractivity contribution is -0.143. The maximum atomic E-state index is 13.0. The van der Waals surface area contributed by atoms with Gasteiger partial charge in [0.2, 0.25) is 11.7 Å². The number of carbonyl (C=O) groups is 4. The molecular weight excluding hydrogens is 411 g/mol. The molecule has 10 heteroatoms. The van der Waals surface area contributed by atoms with Crippen molar-refractivity contribution in [3.8, 4) is 11.5 Å². The molecule has 0 saturated heterocycles. The van der Waals surface area contributed by atoms with Gasteiger partial charge in [0, 0.05) is 6.07 Å². The predicted octanol–water partition coefficient (Wildman–Crippen LogP) is 1.27. The molecule has 0 saturated carbocycles. The van der Waals surface area contributed by atoms with Crippen LogP contribution in [-0.2, 0) is 14.4 Å². The molecule has 0 bridgehead atoms. The van der Waals surface area contributed by atoms with Gasteiger partial charge in [0.1, 0.15) is 23.4 Å². The average Bonchev–Trinajstić information content (AvgIpc) is 3.02. The van der Waals surface area contributed by atoms with Crippen LogP contribution in [0.5, 0.6) is 11.5 Å². The Bertz CT molecular complexity index is 1080. The molecule has 9 nitrogen and oxygen atoms in total. The van der Waals surface area contributed by atoms with Gasteiger partial charge < -0.3 is 25.6 Å². The van der Waals surface area contributed by atoms with Crippen molar-refractivity contribution in [1.82, 2.24) is 5.32 Å². The molecular formula is C21H17FN2O7. The van der Waals surface area contributed by atoms with Crippen molar-refractivity contribution in [3.05, 3.63) is 65.2 Å². The van der Waals surface area contributed by atoms with E-state index in [0.717, 1.165) is 0 Å². The monoisotopic (exact) mass is 428 g/mol. The van der Waals surface area contributed by atoms with E-state index in [1.165, 1.54) is 48.5 Å². The first kappa shape index (κ1) is 21.5. The summed E-state index contributed by atoms with van der Waals surface area (Å²) in [7, 11) is 0. The molecule has 4 N–H and O–H groups in total. The number of carboxylic acid groups (broad SMARTS) is 1. The van der Waals surface area contributed by atoms with Gasteiger partial charge in [-0.2, -0.15) is 0 Å². The van der Waals surface area contributed by atoms with Gasteiger partial charge in [0.25, 0.3) is 5.91 Å². The SMILES string of the molecule is NC(=O)CC(NC(=O)COc1ccc2c(c1)OC(=Cc1ccc(F)cc1)C2=O)C(=O)O. The molecule has 2 aromatic carbocycles. The first-order chi connectivity index (χ1) is 14.7. The molecule has 31 heavy (non-hydrogen) atoms. The number of hydrogen-bond donors (Lipinski definition) is 3. The number of carboxylic acids is 1. The summed E-state index contributed by atoms with van der Waals surface area (Å²) in [5.41, 5.74) is 5.82. The van der Waals surface area contributed by atoms with Gasteiger partial charge in [0.05, 0.1) is 12.0 Å². The van der Waals surface area contributed by atoms with Crippen LogP contribution in [0.1, 0.15) is 22.3 Å². The Morgan fingerprint density at radius 2 is 1.90 bits per heavy atom. The van der Waals surface area contributed by atoms with Gasteiger partial charge in [-0.25, -0.2) is 9.18 Å². The Kier molecular flexibility index (Phi) is 6.29. The van der Waals surface area contributed by atoms with E-state index in [4.69, 9.17) is 20.3 Å². The first-order valence-corrected chi connectivity index (χ1v) is 9.00. The summed E-state index contributed by atoms with van der Waals surface area (Å²) in [6.45, 7) is -0.534. The van der Waals surface area contributed by atoms with Crippen LogP contribution in [0.15, 0.2) is 48.2 Å². The zero-order valence-corrected chi connectivity index (χ0v) is 16.0. The number of benzene rings is 2. The predicted molar refractivity (Wildman–Crippen MR) is 105 cm³/mol. The van der Waals surface area contributed by atoms with E-state index >= 15 is 0 Å². The quantitative estimate of drug-likeness (QED) is 0.537. The summed E-state index contributed by atoms with van der Waals surface area (Å²) in [4.78, 5) is 46.3. The van der Waals surface area contributed by atoms with Gasteiger partial charge >= 0.3 is 5.97 Å². The fourth-order valence-corrected chi connectivity index (χ4v) is 2.75. The Morgan fingerprint density at radius 1 is 1.19 bits per heavy atom. The van der Waals surface area contributed by atoms with E-state index in [9.17, 15) is 23.6 Å². The number of carbonyl (C=O) groups excluding carboxylic acids is 3. The highest BCUT2D eigenvalue weighted by Crippen LogP contribution is 2.34. The van der Waals surface area contributed by atoms with Crippen LogP contribution < -0.4 is 20.5 Å². The number of allylic oxidation sites excluding steroid dienone is 1. The molecule has 3 rings (SSSR count). The van der Waals surface area contributed by atoms with Crippen molar-refractivity contribution in [1.29, 1.82) is 0 Å². The number of ether oxygens (including phenoxy) is 2. The van der Waals surface area contributed by atoms with Crippen molar-refractivity contribution in [2.45, 2.75) is 12.5 Å². The third-order valence-electron chi connectivity index (χ3n) is 4.22. The molecule has 0 radical (unpaired) electrons. The molecule has 2 aromatic rings. The first-order valence-electron chi connectivity index (χ1n) is 9.00. The van der Waals surface area contributed by atoms with E-state index in [1.54, 1.807) is 0 Å². The van der Waals surface area contributed by atoms with Gasteiger partial charge in [-0.15, -0.1) is 0 Å². The lowest BCUT2D eigenvalue weighted by Crippen LogP contribution is -2.45. The third-order valence-corrected chi connectivity index (χ3v) is 4.22. The van der Waals surface area contributed by atoms with Crippen LogP contribution in [-0.4, -0.2) is 41.3 Å². The number of amides is 2. The third kappa shape index (κ3) is 5.44. The van der Waals surface area contributed by atoms with E-state index < -0.39 is 42.7 Å². The summed E-state index contributed by atoms with van der Waals surface area (Å²) in [6.07, 6.45) is 0.916. The molecule has 1 unspecified atom stereocenters. The van der Waals surface area contributed by atoms with Crippen molar-refractivity contribution in [2.75, 3.05) is 6.61 Å². The van der Waals surface area contributed by atoms with Crippen LogP contribution in [0.4, 0.5) is 4.39 Å². The number of aliphatic carboxylic acids is 1. The van der Waals surface area contributed by atoms with Crippen molar-refractivity contribution < 1.29 is 38.1 Å². The molecule has 0 spiro atoms. The van der Waals surface area contributed by atoms with Crippen LogP contribution in [0, 0.1) is 5.82 Å². The normalized spacial score (nSPS) is 14.5. The summed E-state index contributed by atoms with van der Waals surface area (Å²) in [5.74, 6) is -3.36. The minimum absolute atomic E-state index is 0.0484. The zero-order valence-electron chi connectivity index (χ0n) is 16.0. The van der Waals surface area contributed by atoms with Crippen LogP contribution in [0.2, 0.25) is 0 Å². The van der Waals surface area contributed by atoms with Gasteiger partial charge in [0.15, 0.2) is 12.4 Å². The van der Waals surface area contributed by atoms with Gasteiger partial charge in [-0.3, -0.25) is 14.4 Å². The van der Waals surface area contributed by atoms with Crippen LogP contribution >= 0.6 is 0 Å². The summed E-state index contributed by atoms with van der Waals surface area (Å²) in [6, 6.07) is 8.37. The largest absolute Gasteiger partial charge is 0.484 e. The number of fused-ring (bicyclic) bond motifs is 1. The summed E-state index contributed by atoms with van der Waals surface area (Å²) >= 11 is 0. The Balaban J connectivity index is 1.64. The highest BCUT2D eigenvalue weighted by Gasteiger charge is 2.28. The van der Waals surface area contributed by atoms with Gasteiger partial charge in [-0.1, -0.05) is 12.1 Å². The second kappa shape index (κ2) is 9.08. The number of hydrogen-bond acceptors (Lipinski definition) is 6. The highest BCUT2D eigenvalue weighted by atomic mass is 19.1. The summed E-state index contributed by atoms with van der Waals surface area (Å²) < 4.78 is 23.9. The second-order valence-electron chi connectivity index (χ2n) is 6.57. The van der Waals surface area contributed by atoms with E-state index in [0.29, 0.717) is 5.56 Å². The zero-order chi connectivity index (χ0) is 22.5. The Labute approximate surface area is 175 Å². The molecule has 0 aromatic heterocycles. The Morgan fingerprint density at radius 3 is 2.55 bits per heavy atom. The number of halogens is 1. The van der Waals surface area contributed by atoms with E-state index in [1.807, 2.05) is 0 Å². The maximum Gasteiger partial charge on any atom is 0.326 e. The topological polar surface area (TPSA) is 145 Å². The number of nitrogens with two attached hydrogens (primary N) is 1. The smallest absolute Gasteiger partial charge is 0.326 e. The van der Waals surface area contributed by atoms with Crippen molar-refractivity contribution in [2.24, 2.45) is 5.73 Å². The molecule has 0 aliphatic carbocycles. The van der Waals surface area contributed by atoms with Crippen molar-refractivity contribution in [3.63, 3.8) is 0 Å². The number of primary amides is 1. The van der Waals surface area contributed by atoms with Gasteiger partial charge in [-0.05, 0) is 35.9 Å². The molecule has 2 amide bonds. The minimum Gasteiger partial charge on any atom is -0.484 e. The molecule has 1 aliphatic heterocycles. The molecule has 1 atom stereocenters.